The van der Waals surface area contributed by atoms with Crippen LogP contribution in [0, 0.1) is 0 Å². The molecule has 0 unspecified atom stereocenters. The van der Waals surface area contributed by atoms with E-state index in [0.717, 1.165) is 49.0 Å². The van der Waals surface area contributed by atoms with E-state index in [0.29, 0.717) is 18.9 Å². The Labute approximate surface area is 191 Å². The maximum absolute atomic E-state index is 13.4. The van der Waals surface area contributed by atoms with E-state index < -0.39 is 17.3 Å². The van der Waals surface area contributed by atoms with Gasteiger partial charge in [0.25, 0.3) is 0 Å². The van der Waals surface area contributed by atoms with Crippen LogP contribution in [-0.2, 0) is 18.6 Å². The number of piperazine rings is 1. The first-order valence-electron chi connectivity index (χ1n) is 10.6. The molecule has 32 heavy (non-hydrogen) atoms. The van der Waals surface area contributed by atoms with Crippen molar-refractivity contribution in [3.63, 3.8) is 0 Å². The third kappa shape index (κ3) is 6.03. The fourth-order valence-corrected chi connectivity index (χ4v) is 4.22. The maximum atomic E-state index is 13.4. The SMILES string of the molecule is CNc1nnc(SCCCN2CCN(c3cc(C(F)(F)F)nc(C(C)(C)C)n3)CC2)n1C. The lowest BCUT2D eigenvalue weighted by molar-refractivity contribution is -0.141. The van der Waals surface area contributed by atoms with Crippen molar-refractivity contribution in [2.45, 2.75) is 43.9 Å². The molecule has 0 atom stereocenters. The summed E-state index contributed by atoms with van der Waals surface area (Å²) in [4.78, 5) is 12.5. The van der Waals surface area contributed by atoms with Crippen LogP contribution in [-0.4, -0.2) is 75.2 Å². The molecule has 1 fully saturated rings. The molecule has 0 aromatic carbocycles. The van der Waals surface area contributed by atoms with Crippen LogP contribution in [0.15, 0.2) is 11.2 Å². The van der Waals surface area contributed by atoms with Gasteiger partial charge in [0.15, 0.2) is 5.16 Å². The number of thioether (sulfide) groups is 1. The number of hydrogen-bond donors (Lipinski definition) is 1. The lowest BCUT2D eigenvalue weighted by Gasteiger charge is -2.36. The van der Waals surface area contributed by atoms with Crippen molar-refractivity contribution in [3.8, 4) is 0 Å². The molecule has 0 aliphatic carbocycles. The third-order valence-corrected chi connectivity index (χ3v) is 6.39. The lowest BCUT2D eigenvalue weighted by Crippen LogP contribution is -2.47. The summed E-state index contributed by atoms with van der Waals surface area (Å²) in [6.45, 7) is 9.25. The van der Waals surface area contributed by atoms with E-state index in [-0.39, 0.29) is 5.82 Å². The third-order valence-electron chi connectivity index (χ3n) is 5.28. The highest BCUT2D eigenvalue weighted by Crippen LogP contribution is 2.32. The molecule has 0 bridgehead atoms. The molecule has 178 valence electrons. The number of aromatic nitrogens is 5. The number of halogens is 3. The highest BCUT2D eigenvalue weighted by Gasteiger charge is 2.35. The number of alkyl halides is 3. The summed E-state index contributed by atoms with van der Waals surface area (Å²) in [6, 6.07) is 1.07. The molecule has 3 rings (SSSR count). The second-order valence-electron chi connectivity index (χ2n) is 8.83. The molecule has 8 nitrogen and oxygen atoms in total. The Balaban J connectivity index is 1.53. The fourth-order valence-electron chi connectivity index (χ4n) is 3.39. The monoisotopic (exact) mass is 472 g/mol. The Bertz CT molecular complexity index is 869. The maximum Gasteiger partial charge on any atom is 0.433 e. The lowest BCUT2D eigenvalue weighted by atomic mass is 9.95. The molecular weight excluding hydrogens is 441 g/mol. The summed E-state index contributed by atoms with van der Waals surface area (Å²) in [5, 5.41) is 12.1. The zero-order valence-electron chi connectivity index (χ0n) is 19.2. The van der Waals surface area contributed by atoms with Crippen LogP contribution in [0.25, 0.3) is 0 Å². The minimum Gasteiger partial charge on any atom is -0.357 e. The average molecular weight is 473 g/mol. The topological polar surface area (TPSA) is 75.0 Å². The number of nitrogens with zero attached hydrogens (tertiary/aromatic N) is 7. The fraction of sp³-hybridized carbons (Fsp3) is 0.700. The molecule has 3 heterocycles. The van der Waals surface area contributed by atoms with Gasteiger partial charge in [-0.3, -0.25) is 9.47 Å². The van der Waals surface area contributed by atoms with Gasteiger partial charge in [-0.25, -0.2) is 9.97 Å². The van der Waals surface area contributed by atoms with Crippen molar-refractivity contribution in [3.05, 3.63) is 17.6 Å². The largest absolute Gasteiger partial charge is 0.433 e. The number of anilines is 2. The average Bonchev–Trinajstić information content (AvgIpc) is 3.09. The van der Waals surface area contributed by atoms with Crippen molar-refractivity contribution >= 4 is 23.5 Å². The van der Waals surface area contributed by atoms with Crippen LogP contribution in [0.2, 0.25) is 0 Å². The molecule has 1 aliphatic heterocycles. The van der Waals surface area contributed by atoms with E-state index >= 15 is 0 Å². The summed E-state index contributed by atoms with van der Waals surface area (Å²) in [6.07, 6.45) is -3.50. The van der Waals surface area contributed by atoms with E-state index in [2.05, 4.69) is 30.4 Å². The van der Waals surface area contributed by atoms with Gasteiger partial charge >= 0.3 is 6.18 Å². The first-order valence-corrected chi connectivity index (χ1v) is 11.6. The van der Waals surface area contributed by atoms with Crippen molar-refractivity contribution in [1.29, 1.82) is 0 Å². The normalized spacial score (nSPS) is 15.9. The van der Waals surface area contributed by atoms with Gasteiger partial charge < -0.3 is 10.2 Å². The van der Waals surface area contributed by atoms with Gasteiger partial charge in [0, 0.05) is 57.5 Å². The smallest absolute Gasteiger partial charge is 0.357 e. The van der Waals surface area contributed by atoms with E-state index in [1.54, 1.807) is 11.8 Å². The summed E-state index contributed by atoms with van der Waals surface area (Å²) < 4.78 is 42.0. The summed E-state index contributed by atoms with van der Waals surface area (Å²) in [5.74, 6) is 2.23. The van der Waals surface area contributed by atoms with E-state index in [1.807, 2.05) is 44.3 Å². The standard InChI is InChI=1S/C20H31F3N8S/c1-19(2,3)16-25-14(20(21,22)23)13-15(26-16)31-10-8-30(9-11-31)7-6-12-32-18-28-27-17(24-4)29(18)5/h13H,6-12H2,1-5H3,(H,24,27). The van der Waals surface area contributed by atoms with Crippen molar-refractivity contribution in [2.24, 2.45) is 7.05 Å². The van der Waals surface area contributed by atoms with E-state index in [4.69, 9.17) is 0 Å². The van der Waals surface area contributed by atoms with Crippen molar-refractivity contribution in [1.82, 2.24) is 29.6 Å². The zero-order chi connectivity index (χ0) is 23.5. The molecule has 1 N–H and O–H groups in total. The molecule has 12 heteroatoms. The number of hydrogen-bond acceptors (Lipinski definition) is 8. The number of rotatable bonds is 7. The quantitative estimate of drug-likeness (QED) is 0.486. The summed E-state index contributed by atoms with van der Waals surface area (Å²) in [5.41, 5.74) is -1.44. The second-order valence-corrected chi connectivity index (χ2v) is 9.89. The van der Waals surface area contributed by atoms with Gasteiger partial charge in [-0.2, -0.15) is 13.2 Å². The molecule has 0 spiro atoms. The van der Waals surface area contributed by atoms with Crippen LogP contribution < -0.4 is 10.2 Å². The molecular formula is C20H31F3N8S. The van der Waals surface area contributed by atoms with Crippen LogP contribution in [0.4, 0.5) is 24.9 Å². The van der Waals surface area contributed by atoms with Gasteiger partial charge in [-0.1, -0.05) is 32.5 Å². The first kappa shape index (κ1) is 24.6. The molecule has 2 aromatic heterocycles. The molecule has 2 aromatic rings. The van der Waals surface area contributed by atoms with Crippen LogP contribution >= 0.6 is 11.8 Å². The van der Waals surface area contributed by atoms with Gasteiger partial charge in [0.1, 0.15) is 17.3 Å². The van der Waals surface area contributed by atoms with Crippen molar-refractivity contribution < 1.29 is 13.2 Å². The van der Waals surface area contributed by atoms with E-state index in [1.165, 1.54) is 0 Å². The highest BCUT2D eigenvalue weighted by molar-refractivity contribution is 7.99. The van der Waals surface area contributed by atoms with Crippen LogP contribution in [0.5, 0.6) is 0 Å². The number of nitrogens with one attached hydrogen (secondary N) is 1. The second kappa shape index (κ2) is 9.82. The Morgan fingerprint density at radius 2 is 1.75 bits per heavy atom. The van der Waals surface area contributed by atoms with Crippen LogP contribution in [0.3, 0.4) is 0 Å². The minimum absolute atomic E-state index is 0.215. The summed E-state index contributed by atoms with van der Waals surface area (Å²) in [7, 11) is 3.74. The molecule has 1 aliphatic rings. The van der Waals surface area contributed by atoms with Gasteiger partial charge in [0.05, 0.1) is 0 Å². The molecule has 0 radical (unpaired) electrons. The Kier molecular flexibility index (Phi) is 7.53. The van der Waals surface area contributed by atoms with Crippen LogP contribution in [0.1, 0.15) is 38.7 Å². The molecule has 0 amide bonds. The van der Waals surface area contributed by atoms with Gasteiger partial charge in [0.2, 0.25) is 5.95 Å². The Morgan fingerprint density at radius 1 is 1.06 bits per heavy atom. The summed E-state index contributed by atoms with van der Waals surface area (Å²) >= 11 is 1.67. The predicted octanol–water partition coefficient (Wildman–Crippen LogP) is 3.27. The Morgan fingerprint density at radius 3 is 2.31 bits per heavy atom. The minimum atomic E-state index is -4.49. The van der Waals surface area contributed by atoms with Gasteiger partial charge in [-0.15, -0.1) is 10.2 Å². The predicted molar refractivity (Wildman–Crippen MR) is 120 cm³/mol. The highest BCUT2D eigenvalue weighted by atomic mass is 32.2. The van der Waals surface area contributed by atoms with Gasteiger partial charge in [-0.05, 0) is 13.0 Å². The molecule has 0 saturated carbocycles. The zero-order valence-corrected chi connectivity index (χ0v) is 20.0. The van der Waals surface area contributed by atoms with Crippen molar-refractivity contribution in [2.75, 3.05) is 55.7 Å². The van der Waals surface area contributed by atoms with E-state index in [9.17, 15) is 13.2 Å². The first-order chi connectivity index (χ1) is 15.0. The Hall–Kier alpha value is -2.08. The molecule has 1 saturated heterocycles.